The first-order valence-electron chi connectivity index (χ1n) is 7.57. The van der Waals surface area contributed by atoms with Crippen molar-refractivity contribution in [2.75, 3.05) is 27.3 Å². The summed E-state index contributed by atoms with van der Waals surface area (Å²) in [7, 11) is 3.14. The quantitative estimate of drug-likeness (QED) is 0.731. The SMILES string of the molecule is COc1ccc(OCCN(C)C(=O)c2ccccc2OC(F)F)cc1. The Balaban J connectivity index is 1.91. The van der Waals surface area contributed by atoms with E-state index in [-0.39, 0.29) is 24.5 Å². The molecule has 2 aromatic carbocycles. The first kappa shape index (κ1) is 18.5. The summed E-state index contributed by atoms with van der Waals surface area (Å²) in [5.74, 6) is 0.790. The van der Waals surface area contributed by atoms with E-state index in [1.807, 2.05) is 0 Å². The van der Waals surface area contributed by atoms with Crippen LogP contribution in [0.5, 0.6) is 17.2 Å². The molecule has 0 bridgehead atoms. The minimum atomic E-state index is -2.99. The number of nitrogens with zero attached hydrogens (tertiary/aromatic N) is 1. The van der Waals surface area contributed by atoms with Crippen molar-refractivity contribution in [3.63, 3.8) is 0 Å². The molecule has 0 aliphatic rings. The molecule has 0 aromatic heterocycles. The Hall–Kier alpha value is -2.83. The first-order chi connectivity index (χ1) is 12.0. The maximum Gasteiger partial charge on any atom is 0.387 e. The molecule has 134 valence electrons. The molecule has 0 radical (unpaired) electrons. The lowest BCUT2D eigenvalue weighted by molar-refractivity contribution is -0.0502. The third-order valence-corrected chi connectivity index (χ3v) is 3.44. The second-order valence-corrected chi connectivity index (χ2v) is 5.13. The lowest BCUT2D eigenvalue weighted by atomic mass is 10.2. The van der Waals surface area contributed by atoms with E-state index in [9.17, 15) is 13.6 Å². The van der Waals surface area contributed by atoms with E-state index in [1.165, 1.54) is 23.1 Å². The van der Waals surface area contributed by atoms with Crippen molar-refractivity contribution in [3.05, 3.63) is 54.1 Å². The minimum Gasteiger partial charge on any atom is -0.497 e. The largest absolute Gasteiger partial charge is 0.497 e. The zero-order valence-corrected chi connectivity index (χ0v) is 13.9. The molecule has 0 atom stereocenters. The number of para-hydroxylation sites is 1. The van der Waals surface area contributed by atoms with Gasteiger partial charge in [0.05, 0.1) is 19.2 Å². The van der Waals surface area contributed by atoms with Gasteiger partial charge in [-0.05, 0) is 36.4 Å². The van der Waals surface area contributed by atoms with Crippen molar-refractivity contribution in [2.45, 2.75) is 6.61 Å². The second-order valence-electron chi connectivity index (χ2n) is 5.13. The summed E-state index contributed by atoms with van der Waals surface area (Å²) in [6.45, 7) is -2.45. The molecule has 0 N–H and O–H groups in total. The molecule has 25 heavy (non-hydrogen) atoms. The Morgan fingerprint density at radius 3 is 2.36 bits per heavy atom. The van der Waals surface area contributed by atoms with E-state index in [4.69, 9.17) is 9.47 Å². The number of likely N-dealkylation sites (N-methyl/N-ethyl adjacent to an activating group) is 1. The molecule has 0 heterocycles. The van der Waals surface area contributed by atoms with Gasteiger partial charge in [0.1, 0.15) is 23.9 Å². The molecule has 0 aliphatic heterocycles. The van der Waals surface area contributed by atoms with Crippen LogP contribution in [0.1, 0.15) is 10.4 Å². The zero-order chi connectivity index (χ0) is 18.2. The highest BCUT2D eigenvalue weighted by Gasteiger charge is 2.18. The molecule has 5 nitrogen and oxygen atoms in total. The molecule has 0 saturated carbocycles. The summed E-state index contributed by atoms with van der Waals surface area (Å²) in [6, 6.07) is 12.9. The van der Waals surface area contributed by atoms with Gasteiger partial charge in [-0.1, -0.05) is 12.1 Å². The number of ether oxygens (including phenoxy) is 3. The Morgan fingerprint density at radius 2 is 1.72 bits per heavy atom. The fourth-order valence-electron chi connectivity index (χ4n) is 2.12. The van der Waals surface area contributed by atoms with Crippen molar-refractivity contribution in [3.8, 4) is 17.2 Å². The van der Waals surface area contributed by atoms with Gasteiger partial charge in [0, 0.05) is 7.05 Å². The highest BCUT2D eigenvalue weighted by molar-refractivity contribution is 5.96. The fraction of sp³-hybridized carbons (Fsp3) is 0.278. The molecule has 7 heteroatoms. The zero-order valence-electron chi connectivity index (χ0n) is 13.9. The number of carbonyl (C=O) groups is 1. The highest BCUT2D eigenvalue weighted by atomic mass is 19.3. The third-order valence-electron chi connectivity index (χ3n) is 3.44. The van der Waals surface area contributed by atoms with Crippen molar-refractivity contribution in [1.29, 1.82) is 0 Å². The van der Waals surface area contributed by atoms with Crippen molar-refractivity contribution >= 4 is 5.91 Å². The van der Waals surface area contributed by atoms with Crippen molar-refractivity contribution in [1.82, 2.24) is 4.90 Å². The normalized spacial score (nSPS) is 10.4. The van der Waals surface area contributed by atoms with Crippen LogP contribution in [0.4, 0.5) is 8.78 Å². The topological polar surface area (TPSA) is 48.0 Å². The number of halogens is 2. The molecule has 2 aromatic rings. The monoisotopic (exact) mass is 351 g/mol. The second kappa shape index (κ2) is 8.86. The Morgan fingerprint density at radius 1 is 1.08 bits per heavy atom. The average Bonchev–Trinajstić information content (AvgIpc) is 2.61. The van der Waals surface area contributed by atoms with Gasteiger partial charge in [0.25, 0.3) is 5.91 Å². The van der Waals surface area contributed by atoms with Crippen LogP contribution in [0.2, 0.25) is 0 Å². The van der Waals surface area contributed by atoms with Gasteiger partial charge in [-0.15, -0.1) is 0 Å². The van der Waals surface area contributed by atoms with Crippen LogP contribution in [0.25, 0.3) is 0 Å². The summed E-state index contributed by atoms with van der Waals surface area (Å²) >= 11 is 0. The van der Waals surface area contributed by atoms with Crippen LogP contribution in [-0.4, -0.2) is 44.7 Å². The standard InChI is InChI=1S/C18H19F2NO4/c1-21(11-12-24-14-9-7-13(23-2)8-10-14)17(22)15-5-3-4-6-16(15)25-18(19)20/h3-10,18H,11-12H2,1-2H3. The van der Waals surface area contributed by atoms with Crippen LogP contribution < -0.4 is 14.2 Å². The molecular weight excluding hydrogens is 332 g/mol. The number of methoxy groups -OCH3 is 1. The summed E-state index contributed by atoms with van der Waals surface area (Å²) in [4.78, 5) is 13.8. The lowest BCUT2D eigenvalue weighted by Gasteiger charge is -2.19. The molecule has 2 rings (SSSR count). The summed E-state index contributed by atoms with van der Waals surface area (Å²) < 4.78 is 39.9. The lowest BCUT2D eigenvalue weighted by Crippen LogP contribution is -2.31. The van der Waals surface area contributed by atoms with Gasteiger partial charge in [-0.25, -0.2) is 0 Å². The van der Waals surface area contributed by atoms with Gasteiger partial charge in [-0.2, -0.15) is 8.78 Å². The molecular formula is C18H19F2NO4. The van der Waals surface area contributed by atoms with Gasteiger partial charge in [0.2, 0.25) is 0 Å². The maximum absolute atomic E-state index is 12.4. The molecule has 0 spiro atoms. The van der Waals surface area contributed by atoms with E-state index in [1.54, 1.807) is 44.5 Å². The highest BCUT2D eigenvalue weighted by Crippen LogP contribution is 2.22. The van der Waals surface area contributed by atoms with E-state index < -0.39 is 12.5 Å². The van der Waals surface area contributed by atoms with Crippen LogP contribution in [-0.2, 0) is 0 Å². The van der Waals surface area contributed by atoms with Gasteiger partial charge in [0.15, 0.2) is 0 Å². The fourth-order valence-corrected chi connectivity index (χ4v) is 2.12. The minimum absolute atomic E-state index is 0.0785. The number of benzene rings is 2. The predicted molar refractivity (Wildman–Crippen MR) is 88.5 cm³/mol. The summed E-state index contributed by atoms with van der Waals surface area (Å²) in [5, 5.41) is 0. The molecule has 0 aliphatic carbocycles. The number of alkyl halides is 2. The van der Waals surface area contributed by atoms with Crippen LogP contribution in [0.15, 0.2) is 48.5 Å². The predicted octanol–water partition coefficient (Wildman–Crippen LogP) is 3.45. The van der Waals surface area contributed by atoms with E-state index in [2.05, 4.69) is 4.74 Å². The van der Waals surface area contributed by atoms with E-state index >= 15 is 0 Å². The average molecular weight is 351 g/mol. The van der Waals surface area contributed by atoms with E-state index in [0.717, 1.165) is 5.75 Å². The Bertz CT molecular complexity index is 692. The molecule has 0 saturated heterocycles. The smallest absolute Gasteiger partial charge is 0.387 e. The Labute approximate surface area is 144 Å². The number of hydrogen-bond acceptors (Lipinski definition) is 4. The summed E-state index contributed by atoms with van der Waals surface area (Å²) in [5.41, 5.74) is 0.0785. The molecule has 0 unspecified atom stereocenters. The van der Waals surface area contributed by atoms with Crippen LogP contribution >= 0.6 is 0 Å². The molecule has 1 amide bonds. The number of rotatable bonds is 8. The van der Waals surface area contributed by atoms with Gasteiger partial charge >= 0.3 is 6.61 Å². The molecule has 0 fully saturated rings. The Kier molecular flexibility index (Phi) is 6.56. The van der Waals surface area contributed by atoms with Crippen LogP contribution in [0, 0.1) is 0 Å². The number of amides is 1. The third kappa shape index (κ3) is 5.34. The van der Waals surface area contributed by atoms with Crippen molar-refractivity contribution < 1.29 is 27.8 Å². The number of hydrogen-bond donors (Lipinski definition) is 0. The summed E-state index contributed by atoms with van der Waals surface area (Å²) in [6.07, 6.45) is 0. The van der Waals surface area contributed by atoms with Gasteiger partial charge < -0.3 is 19.1 Å². The van der Waals surface area contributed by atoms with Crippen LogP contribution in [0.3, 0.4) is 0 Å². The number of carbonyl (C=O) groups excluding carboxylic acids is 1. The van der Waals surface area contributed by atoms with Crippen molar-refractivity contribution in [2.24, 2.45) is 0 Å². The van der Waals surface area contributed by atoms with E-state index in [0.29, 0.717) is 5.75 Å². The van der Waals surface area contributed by atoms with Gasteiger partial charge in [-0.3, -0.25) is 4.79 Å². The maximum atomic E-state index is 12.4. The first-order valence-corrected chi connectivity index (χ1v) is 7.57.